The van der Waals surface area contributed by atoms with Crippen molar-refractivity contribution in [1.82, 2.24) is 5.32 Å². The smallest absolute Gasteiger partial charge is 0.0480 e. The van der Waals surface area contributed by atoms with Crippen LogP contribution in [0.25, 0.3) is 0 Å². The van der Waals surface area contributed by atoms with Gasteiger partial charge in [0.15, 0.2) is 0 Å². The van der Waals surface area contributed by atoms with E-state index in [1.54, 1.807) is 0 Å². The van der Waals surface area contributed by atoms with Crippen LogP contribution in [0.15, 0.2) is 0 Å². The topological polar surface area (TPSA) is 21.3 Å². The Balaban J connectivity index is 1.71. The third-order valence-electron chi connectivity index (χ3n) is 4.38. The highest BCUT2D eigenvalue weighted by atomic mass is 16.5. The Kier molecular flexibility index (Phi) is 4.04. The molecule has 0 amide bonds. The molecule has 0 aromatic carbocycles. The molecule has 0 radical (unpaired) electrons. The van der Waals surface area contributed by atoms with E-state index in [1.807, 2.05) is 0 Å². The summed E-state index contributed by atoms with van der Waals surface area (Å²) in [5.41, 5.74) is 0.660. The van der Waals surface area contributed by atoms with Crippen LogP contribution in [0.4, 0.5) is 0 Å². The van der Waals surface area contributed by atoms with Crippen molar-refractivity contribution >= 4 is 0 Å². The maximum atomic E-state index is 5.48. The van der Waals surface area contributed by atoms with E-state index in [1.165, 1.54) is 51.5 Å². The highest BCUT2D eigenvalue weighted by molar-refractivity contribution is 4.89. The second-order valence-electron chi connectivity index (χ2n) is 5.33. The molecule has 1 aliphatic carbocycles. The number of rotatable bonds is 4. The molecule has 15 heavy (non-hydrogen) atoms. The summed E-state index contributed by atoms with van der Waals surface area (Å²) in [5, 5.41) is 3.78. The first-order valence-electron chi connectivity index (χ1n) is 6.66. The summed E-state index contributed by atoms with van der Waals surface area (Å²) in [6, 6.07) is 0.719. The van der Waals surface area contributed by atoms with Crippen molar-refractivity contribution in [3.05, 3.63) is 0 Å². The molecule has 0 spiro atoms. The molecule has 1 atom stereocenters. The average molecular weight is 211 g/mol. The van der Waals surface area contributed by atoms with Crippen LogP contribution in [0, 0.1) is 5.41 Å². The minimum atomic E-state index is 0.660. The van der Waals surface area contributed by atoms with Crippen LogP contribution in [0.1, 0.15) is 51.9 Å². The summed E-state index contributed by atoms with van der Waals surface area (Å²) in [6.45, 7) is 5.51. The van der Waals surface area contributed by atoms with Crippen LogP contribution in [0.3, 0.4) is 0 Å². The largest absolute Gasteiger partial charge is 0.381 e. The molecule has 2 heteroatoms. The molecular weight excluding hydrogens is 186 g/mol. The summed E-state index contributed by atoms with van der Waals surface area (Å²) in [7, 11) is 0. The first kappa shape index (κ1) is 11.4. The van der Waals surface area contributed by atoms with E-state index in [0.717, 1.165) is 19.3 Å². The minimum absolute atomic E-state index is 0.660. The predicted molar refractivity (Wildman–Crippen MR) is 63.0 cm³/mol. The first-order valence-corrected chi connectivity index (χ1v) is 6.66. The standard InChI is InChI=1S/C13H25NO/c1-2-13(7-4-8-13)11-14-12-5-3-9-15-10-6-12/h12,14H,2-11H2,1H3. The van der Waals surface area contributed by atoms with E-state index in [4.69, 9.17) is 4.74 Å². The van der Waals surface area contributed by atoms with Crippen molar-refractivity contribution in [2.24, 2.45) is 5.41 Å². The van der Waals surface area contributed by atoms with Gasteiger partial charge in [-0.3, -0.25) is 0 Å². The molecule has 88 valence electrons. The van der Waals surface area contributed by atoms with Crippen molar-refractivity contribution in [3.8, 4) is 0 Å². The monoisotopic (exact) mass is 211 g/mol. The van der Waals surface area contributed by atoms with Gasteiger partial charge in [-0.05, 0) is 43.9 Å². The molecule has 2 aliphatic rings. The molecule has 2 fully saturated rings. The molecule has 1 heterocycles. The molecular formula is C13H25NO. The van der Waals surface area contributed by atoms with Crippen molar-refractivity contribution < 1.29 is 4.74 Å². The van der Waals surface area contributed by atoms with E-state index in [9.17, 15) is 0 Å². The highest BCUT2D eigenvalue weighted by Gasteiger charge is 2.35. The quantitative estimate of drug-likeness (QED) is 0.772. The van der Waals surface area contributed by atoms with Gasteiger partial charge in [0.25, 0.3) is 0 Å². The van der Waals surface area contributed by atoms with Crippen LogP contribution in [-0.4, -0.2) is 25.8 Å². The third-order valence-corrected chi connectivity index (χ3v) is 4.38. The van der Waals surface area contributed by atoms with Crippen LogP contribution in [0.2, 0.25) is 0 Å². The van der Waals surface area contributed by atoms with Gasteiger partial charge in [0.1, 0.15) is 0 Å². The Labute approximate surface area is 93.8 Å². The molecule has 1 unspecified atom stereocenters. The fraction of sp³-hybridized carbons (Fsp3) is 1.00. The zero-order chi connectivity index (χ0) is 10.6. The molecule has 1 saturated heterocycles. The Hall–Kier alpha value is -0.0800. The lowest BCUT2D eigenvalue weighted by atomic mass is 9.67. The van der Waals surface area contributed by atoms with Gasteiger partial charge in [0.2, 0.25) is 0 Å². The molecule has 2 rings (SSSR count). The molecule has 0 aromatic rings. The first-order chi connectivity index (χ1) is 7.35. The molecule has 2 nitrogen and oxygen atoms in total. The SMILES string of the molecule is CCC1(CNC2CCCOCC2)CCC1. The number of hydrogen-bond donors (Lipinski definition) is 1. The lowest BCUT2D eigenvalue weighted by molar-refractivity contribution is 0.115. The van der Waals surface area contributed by atoms with Gasteiger partial charge in [0.05, 0.1) is 0 Å². The molecule has 1 aliphatic heterocycles. The zero-order valence-corrected chi connectivity index (χ0v) is 10.1. The Bertz CT molecular complexity index is 175. The Morgan fingerprint density at radius 2 is 2.07 bits per heavy atom. The van der Waals surface area contributed by atoms with Crippen molar-refractivity contribution in [3.63, 3.8) is 0 Å². The van der Waals surface area contributed by atoms with Crippen LogP contribution >= 0.6 is 0 Å². The van der Waals surface area contributed by atoms with Gasteiger partial charge in [-0.2, -0.15) is 0 Å². The van der Waals surface area contributed by atoms with Crippen molar-refractivity contribution in [2.45, 2.75) is 57.9 Å². The predicted octanol–water partition coefficient (Wildman–Crippen LogP) is 2.73. The summed E-state index contributed by atoms with van der Waals surface area (Å²) >= 11 is 0. The molecule has 0 bridgehead atoms. The normalized spacial score (nSPS) is 30.6. The fourth-order valence-electron chi connectivity index (χ4n) is 2.80. The van der Waals surface area contributed by atoms with E-state index < -0.39 is 0 Å². The molecule has 1 N–H and O–H groups in total. The summed E-state index contributed by atoms with van der Waals surface area (Å²) in [4.78, 5) is 0. The third kappa shape index (κ3) is 2.94. The van der Waals surface area contributed by atoms with Gasteiger partial charge in [0, 0.05) is 25.8 Å². The summed E-state index contributed by atoms with van der Waals surface area (Å²) in [5.74, 6) is 0. The average Bonchev–Trinajstić information content (AvgIpc) is 2.45. The number of hydrogen-bond acceptors (Lipinski definition) is 2. The zero-order valence-electron chi connectivity index (χ0n) is 10.1. The van der Waals surface area contributed by atoms with Crippen LogP contribution < -0.4 is 5.32 Å². The van der Waals surface area contributed by atoms with Crippen LogP contribution in [-0.2, 0) is 4.74 Å². The maximum Gasteiger partial charge on any atom is 0.0480 e. The second kappa shape index (κ2) is 5.31. The Morgan fingerprint density at radius 1 is 1.20 bits per heavy atom. The lowest BCUT2D eigenvalue weighted by Gasteiger charge is -2.42. The minimum Gasteiger partial charge on any atom is -0.381 e. The van der Waals surface area contributed by atoms with Gasteiger partial charge in [-0.25, -0.2) is 0 Å². The van der Waals surface area contributed by atoms with Gasteiger partial charge in [-0.15, -0.1) is 0 Å². The van der Waals surface area contributed by atoms with E-state index in [0.29, 0.717) is 5.41 Å². The number of ether oxygens (including phenoxy) is 1. The van der Waals surface area contributed by atoms with Gasteiger partial charge in [-0.1, -0.05) is 13.3 Å². The van der Waals surface area contributed by atoms with Crippen LogP contribution in [0.5, 0.6) is 0 Å². The fourth-order valence-corrected chi connectivity index (χ4v) is 2.80. The van der Waals surface area contributed by atoms with E-state index >= 15 is 0 Å². The van der Waals surface area contributed by atoms with E-state index in [-0.39, 0.29) is 0 Å². The van der Waals surface area contributed by atoms with Gasteiger partial charge >= 0.3 is 0 Å². The molecule has 0 aromatic heterocycles. The summed E-state index contributed by atoms with van der Waals surface area (Å²) < 4.78 is 5.48. The molecule has 1 saturated carbocycles. The van der Waals surface area contributed by atoms with Gasteiger partial charge < -0.3 is 10.1 Å². The highest BCUT2D eigenvalue weighted by Crippen LogP contribution is 2.43. The lowest BCUT2D eigenvalue weighted by Crippen LogP contribution is -2.43. The second-order valence-corrected chi connectivity index (χ2v) is 5.33. The Morgan fingerprint density at radius 3 is 2.73 bits per heavy atom. The van der Waals surface area contributed by atoms with Crippen molar-refractivity contribution in [2.75, 3.05) is 19.8 Å². The van der Waals surface area contributed by atoms with E-state index in [2.05, 4.69) is 12.2 Å². The maximum absolute atomic E-state index is 5.48. The van der Waals surface area contributed by atoms with Crippen molar-refractivity contribution in [1.29, 1.82) is 0 Å². The summed E-state index contributed by atoms with van der Waals surface area (Å²) in [6.07, 6.45) is 9.43. The number of nitrogens with one attached hydrogen (secondary N) is 1.